The number of nitrogens with zero attached hydrogens (tertiary/aromatic N) is 3. The van der Waals surface area contributed by atoms with Crippen LogP contribution in [0.1, 0.15) is 40.8 Å². The van der Waals surface area contributed by atoms with E-state index in [1.165, 1.54) is 18.3 Å². The van der Waals surface area contributed by atoms with E-state index < -0.39 is 37.6 Å². The summed E-state index contributed by atoms with van der Waals surface area (Å²) >= 11 is 12.6. The third kappa shape index (κ3) is 4.52. The molecule has 0 radical (unpaired) electrons. The monoisotopic (exact) mass is 575 g/mol. The third-order valence-electron chi connectivity index (χ3n) is 6.69. The molecule has 11 heteroatoms. The lowest BCUT2D eigenvalue weighted by molar-refractivity contribution is 0.569. The lowest BCUT2D eigenvalue weighted by Crippen LogP contribution is -2.24. The van der Waals surface area contributed by atoms with Crippen molar-refractivity contribution in [2.24, 2.45) is 0 Å². The Bertz CT molecular complexity index is 1790. The molecule has 3 heterocycles. The zero-order chi connectivity index (χ0) is 27.5. The molecule has 0 unspecified atom stereocenters. The van der Waals surface area contributed by atoms with Crippen LogP contribution in [-0.4, -0.2) is 29.2 Å². The average molecular weight is 576 g/mol. The van der Waals surface area contributed by atoms with Crippen LogP contribution in [0.2, 0.25) is 10.0 Å². The number of sulfone groups is 1. The molecule has 196 valence electrons. The Morgan fingerprint density at radius 2 is 1.76 bits per heavy atom. The molecule has 4 aromatic rings. The van der Waals surface area contributed by atoms with Crippen LogP contribution < -0.4 is 5.56 Å². The minimum Gasteiger partial charge on any atom is -0.277 e. The van der Waals surface area contributed by atoms with Gasteiger partial charge in [0.1, 0.15) is 15.6 Å². The Balaban J connectivity index is 1.62. The highest BCUT2D eigenvalue weighted by Crippen LogP contribution is 2.55. The van der Waals surface area contributed by atoms with Crippen LogP contribution in [-0.2, 0) is 9.84 Å². The number of benzene rings is 1. The van der Waals surface area contributed by atoms with Crippen LogP contribution in [0.15, 0.2) is 58.5 Å². The van der Waals surface area contributed by atoms with Gasteiger partial charge in [-0.1, -0.05) is 29.3 Å². The summed E-state index contributed by atoms with van der Waals surface area (Å²) in [5.74, 6) is -2.09. The lowest BCUT2D eigenvalue weighted by Gasteiger charge is -2.18. The van der Waals surface area contributed by atoms with Gasteiger partial charge in [-0.2, -0.15) is 0 Å². The SMILES string of the molecule is Cc1cnc(-c2cccc(S(C)(=O)=O)c2F)c(F)c1-n1c(C)cc([C@H]2C[C@@H]2c2cc(Cl)ccn2)c(Cl)c1=O. The van der Waals surface area contributed by atoms with Crippen molar-refractivity contribution in [2.75, 3.05) is 6.26 Å². The van der Waals surface area contributed by atoms with Gasteiger partial charge in [-0.15, -0.1) is 0 Å². The predicted molar refractivity (Wildman–Crippen MR) is 142 cm³/mol. The largest absolute Gasteiger partial charge is 0.277 e. The molecule has 1 aliphatic rings. The summed E-state index contributed by atoms with van der Waals surface area (Å²) in [5, 5.41) is 0.517. The Labute approximate surface area is 227 Å². The molecule has 1 saturated carbocycles. The third-order valence-corrected chi connectivity index (χ3v) is 8.42. The van der Waals surface area contributed by atoms with Gasteiger partial charge in [0.25, 0.3) is 5.56 Å². The maximum absolute atomic E-state index is 16.0. The second kappa shape index (κ2) is 9.55. The van der Waals surface area contributed by atoms with Crippen LogP contribution in [0.5, 0.6) is 0 Å². The van der Waals surface area contributed by atoms with E-state index in [9.17, 15) is 13.2 Å². The molecule has 0 aliphatic heterocycles. The van der Waals surface area contributed by atoms with Crippen molar-refractivity contribution < 1.29 is 17.2 Å². The predicted octanol–water partition coefficient (Wildman–Crippen LogP) is 6.17. The molecule has 5 rings (SSSR count). The van der Waals surface area contributed by atoms with Gasteiger partial charge in [-0.3, -0.25) is 19.3 Å². The fourth-order valence-corrected chi connectivity index (χ4v) is 5.99. The Morgan fingerprint density at radius 3 is 2.45 bits per heavy atom. The molecule has 1 aromatic carbocycles. The van der Waals surface area contributed by atoms with Gasteiger partial charge in [0.2, 0.25) is 0 Å². The van der Waals surface area contributed by atoms with E-state index in [0.29, 0.717) is 21.8 Å². The zero-order valence-corrected chi connectivity index (χ0v) is 22.8. The number of hydrogen-bond acceptors (Lipinski definition) is 5. The number of aryl methyl sites for hydroxylation is 2. The lowest BCUT2D eigenvalue weighted by atomic mass is 10.1. The molecule has 3 aromatic heterocycles. The molecule has 38 heavy (non-hydrogen) atoms. The maximum atomic E-state index is 16.0. The maximum Gasteiger partial charge on any atom is 0.274 e. The second-order valence-corrected chi connectivity index (χ2v) is 12.2. The van der Waals surface area contributed by atoms with Crippen LogP contribution in [0.3, 0.4) is 0 Å². The smallest absolute Gasteiger partial charge is 0.274 e. The molecule has 0 amide bonds. The topological polar surface area (TPSA) is 81.9 Å². The molecule has 0 N–H and O–H groups in total. The minimum atomic E-state index is -3.91. The van der Waals surface area contributed by atoms with Gasteiger partial charge in [0.05, 0.1) is 5.69 Å². The van der Waals surface area contributed by atoms with E-state index in [1.807, 2.05) is 0 Å². The van der Waals surface area contributed by atoms with Crippen LogP contribution in [0, 0.1) is 25.5 Å². The van der Waals surface area contributed by atoms with Crippen molar-refractivity contribution >= 4 is 33.0 Å². The van der Waals surface area contributed by atoms with Gasteiger partial charge >= 0.3 is 0 Å². The van der Waals surface area contributed by atoms with Crippen LogP contribution in [0.25, 0.3) is 16.9 Å². The van der Waals surface area contributed by atoms with Crippen molar-refractivity contribution in [3.05, 3.63) is 103 Å². The quantitative estimate of drug-likeness (QED) is 0.284. The highest BCUT2D eigenvalue weighted by Gasteiger charge is 2.42. The number of rotatable bonds is 5. The summed E-state index contributed by atoms with van der Waals surface area (Å²) < 4.78 is 56.3. The van der Waals surface area contributed by atoms with Gasteiger partial charge in [-0.25, -0.2) is 17.2 Å². The average Bonchev–Trinajstić information content (AvgIpc) is 3.64. The molecular formula is C27H21Cl2F2N3O3S. The van der Waals surface area contributed by atoms with E-state index in [2.05, 4.69) is 9.97 Å². The summed E-state index contributed by atoms with van der Waals surface area (Å²) in [7, 11) is -3.91. The first-order valence-corrected chi connectivity index (χ1v) is 14.2. The van der Waals surface area contributed by atoms with Crippen molar-refractivity contribution in [2.45, 2.75) is 37.0 Å². The van der Waals surface area contributed by atoms with Gasteiger partial charge in [0, 0.05) is 46.5 Å². The summed E-state index contributed by atoms with van der Waals surface area (Å²) in [4.78, 5) is 21.3. The summed E-state index contributed by atoms with van der Waals surface area (Å²) in [6, 6.07) is 8.84. The Morgan fingerprint density at radius 1 is 1.03 bits per heavy atom. The summed E-state index contributed by atoms with van der Waals surface area (Å²) in [6.07, 6.45) is 4.52. The van der Waals surface area contributed by atoms with Crippen LogP contribution >= 0.6 is 23.2 Å². The summed E-state index contributed by atoms with van der Waals surface area (Å²) in [6.45, 7) is 3.22. The Hall–Kier alpha value is -3.14. The van der Waals surface area contributed by atoms with Gasteiger partial charge < -0.3 is 0 Å². The number of aromatic nitrogens is 3. The van der Waals surface area contributed by atoms with Crippen molar-refractivity contribution in [1.29, 1.82) is 0 Å². The molecule has 1 fully saturated rings. The highest BCUT2D eigenvalue weighted by molar-refractivity contribution is 7.90. The minimum absolute atomic E-state index is 0.0405. The second-order valence-electron chi connectivity index (χ2n) is 9.39. The number of halogens is 4. The zero-order valence-electron chi connectivity index (χ0n) is 20.5. The molecule has 0 saturated heterocycles. The van der Waals surface area contributed by atoms with Gasteiger partial charge in [-0.05, 0) is 67.6 Å². The fourth-order valence-electron chi connectivity index (χ4n) is 4.78. The van der Waals surface area contributed by atoms with E-state index in [1.54, 1.807) is 38.2 Å². The van der Waals surface area contributed by atoms with Crippen LogP contribution in [0.4, 0.5) is 8.78 Å². The molecule has 0 spiro atoms. The van der Waals surface area contributed by atoms with E-state index in [4.69, 9.17) is 23.2 Å². The first-order chi connectivity index (χ1) is 17.9. The summed E-state index contributed by atoms with van der Waals surface area (Å²) in [5.41, 5.74) is 0.644. The highest BCUT2D eigenvalue weighted by atomic mass is 35.5. The van der Waals surface area contributed by atoms with E-state index in [0.717, 1.165) is 29.0 Å². The number of pyridine rings is 3. The molecule has 1 aliphatic carbocycles. The van der Waals surface area contributed by atoms with Crippen molar-refractivity contribution in [1.82, 2.24) is 14.5 Å². The Kier molecular flexibility index (Phi) is 6.65. The number of hydrogen-bond donors (Lipinski definition) is 0. The standard InChI is InChI=1S/C27H21Cl2F2N3O3S/c1-13-12-33-25(16-5-4-6-21(23(16)30)38(3,36)37)24(31)26(13)34-14(2)9-19(22(29)27(34)35)17-11-18(17)20-10-15(28)7-8-32-20/h4-10,12,17-18H,11H2,1-3H3/t17-,18-/m0/s1. The van der Waals surface area contributed by atoms with E-state index >= 15 is 8.78 Å². The molecular weight excluding hydrogens is 555 g/mol. The van der Waals surface area contributed by atoms with Crippen molar-refractivity contribution in [3.63, 3.8) is 0 Å². The van der Waals surface area contributed by atoms with Crippen molar-refractivity contribution in [3.8, 4) is 16.9 Å². The van der Waals surface area contributed by atoms with Gasteiger partial charge in [0.15, 0.2) is 21.5 Å². The normalized spacial score (nSPS) is 17.0. The van der Waals surface area contributed by atoms with E-state index in [-0.39, 0.29) is 28.1 Å². The fraction of sp³-hybridized carbons (Fsp3) is 0.222. The first kappa shape index (κ1) is 26.5. The molecule has 2 atom stereocenters. The molecule has 6 nitrogen and oxygen atoms in total. The molecule has 0 bridgehead atoms. The first-order valence-electron chi connectivity index (χ1n) is 11.6.